The predicted octanol–water partition coefficient (Wildman–Crippen LogP) is 4.70. The topological polar surface area (TPSA) is 68.5 Å². The van der Waals surface area contributed by atoms with Gasteiger partial charge in [-0.1, -0.05) is 60.6 Å². The maximum Gasteiger partial charge on any atom is 0.277 e. The third kappa shape index (κ3) is 6.78. The number of nitrogens with zero attached hydrogens (tertiary/aromatic N) is 3. The summed E-state index contributed by atoms with van der Waals surface area (Å²) in [5, 5.41) is 9.21. The van der Waals surface area contributed by atoms with Gasteiger partial charge in [0.1, 0.15) is 12.4 Å². The predicted molar refractivity (Wildman–Crippen MR) is 118 cm³/mol. The number of thioether (sulfide) groups is 1. The average molecular weight is 446 g/mol. The van der Waals surface area contributed by atoms with Crippen LogP contribution in [0.3, 0.4) is 0 Å². The van der Waals surface area contributed by atoms with Crippen LogP contribution in [0.15, 0.2) is 64.2 Å². The van der Waals surface area contributed by atoms with E-state index < -0.39 is 0 Å². The van der Waals surface area contributed by atoms with Gasteiger partial charge in [-0.25, -0.2) is 0 Å². The lowest BCUT2D eigenvalue weighted by Crippen LogP contribution is -2.32. The van der Waals surface area contributed by atoms with Gasteiger partial charge in [0.25, 0.3) is 5.22 Å². The second-order valence-electron chi connectivity index (χ2n) is 6.88. The molecular formula is C22H24ClN3O3S. The number of hydrogen-bond donors (Lipinski definition) is 0. The lowest BCUT2D eigenvalue weighted by Gasteiger charge is -2.16. The smallest absolute Gasteiger partial charge is 0.277 e. The summed E-state index contributed by atoms with van der Waals surface area (Å²) in [6.07, 6.45) is 0.660. The highest BCUT2D eigenvalue weighted by Gasteiger charge is 2.15. The van der Waals surface area contributed by atoms with Gasteiger partial charge in [0.15, 0.2) is 0 Å². The Bertz CT molecular complexity index is 934. The van der Waals surface area contributed by atoms with Crippen molar-refractivity contribution in [1.29, 1.82) is 0 Å². The normalized spacial score (nSPS) is 11.8. The lowest BCUT2D eigenvalue weighted by molar-refractivity contribution is -0.127. The molecule has 1 heterocycles. The first-order valence-corrected chi connectivity index (χ1v) is 11.0. The van der Waals surface area contributed by atoms with Crippen molar-refractivity contribution >= 4 is 29.3 Å². The second-order valence-corrected chi connectivity index (χ2v) is 8.25. The van der Waals surface area contributed by atoms with E-state index in [1.165, 1.54) is 17.3 Å². The van der Waals surface area contributed by atoms with E-state index in [1.54, 1.807) is 36.2 Å². The van der Waals surface area contributed by atoms with Gasteiger partial charge in [0.05, 0.1) is 12.3 Å². The van der Waals surface area contributed by atoms with Gasteiger partial charge in [-0.2, -0.15) is 0 Å². The summed E-state index contributed by atoms with van der Waals surface area (Å²) in [5.41, 5.74) is 1.22. The number of carbonyl (C=O) groups excluding carboxylic acids is 1. The molecule has 158 valence electrons. The first-order chi connectivity index (χ1) is 14.5. The first kappa shape index (κ1) is 22.2. The lowest BCUT2D eigenvalue weighted by atomic mass is 9.98. The molecule has 3 rings (SSSR count). The van der Waals surface area contributed by atoms with Crippen molar-refractivity contribution in [2.24, 2.45) is 0 Å². The Morgan fingerprint density at radius 2 is 1.90 bits per heavy atom. The van der Waals surface area contributed by atoms with Crippen LogP contribution in [-0.4, -0.2) is 47.0 Å². The molecule has 8 heteroatoms. The summed E-state index contributed by atoms with van der Waals surface area (Å²) < 4.78 is 11.3. The fourth-order valence-corrected chi connectivity index (χ4v) is 3.58. The molecule has 1 amide bonds. The zero-order valence-electron chi connectivity index (χ0n) is 17.0. The summed E-state index contributed by atoms with van der Waals surface area (Å²) in [4.78, 5) is 13.9. The number of rotatable bonds is 10. The molecule has 0 radical (unpaired) electrons. The minimum absolute atomic E-state index is 0.0305. The van der Waals surface area contributed by atoms with Crippen molar-refractivity contribution in [3.63, 3.8) is 0 Å². The Labute approximate surface area is 185 Å². The SMILES string of the molecule is CC(Cc1nnc(SCC(=O)N(C)CCOc2ccc(Cl)cc2)o1)c1ccccc1. The van der Waals surface area contributed by atoms with Crippen molar-refractivity contribution < 1.29 is 13.9 Å². The minimum atomic E-state index is -0.0305. The molecule has 1 atom stereocenters. The summed E-state index contributed by atoms with van der Waals surface area (Å²) >= 11 is 7.09. The molecule has 0 saturated carbocycles. The van der Waals surface area contributed by atoms with E-state index in [2.05, 4.69) is 29.3 Å². The number of likely N-dealkylation sites (N-methyl/N-ethyl adjacent to an activating group) is 1. The Morgan fingerprint density at radius 1 is 1.17 bits per heavy atom. The van der Waals surface area contributed by atoms with Gasteiger partial charge < -0.3 is 14.1 Å². The molecule has 0 aliphatic heterocycles. The van der Waals surface area contributed by atoms with Crippen LogP contribution in [0.25, 0.3) is 0 Å². The van der Waals surface area contributed by atoms with Crippen LogP contribution in [-0.2, 0) is 11.2 Å². The number of hydrogen-bond acceptors (Lipinski definition) is 6. The Hall–Kier alpha value is -2.51. The molecule has 0 spiro atoms. The highest BCUT2D eigenvalue weighted by atomic mass is 35.5. The van der Waals surface area contributed by atoms with Crippen molar-refractivity contribution in [2.45, 2.75) is 24.5 Å². The largest absolute Gasteiger partial charge is 0.492 e. The van der Waals surface area contributed by atoms with Crippen LogP contribution >= 0.6 is 23.4 Å². The molecule has 3 aromatic rings. The monoisotopic (exact) mass is 445 g/mol. The molecule has 0 bridgehead atoms. The molecule has 6 nitrogen and oxygen atoms in total. The zero-order chi connectivity index (χ0) is 21.3. The maximum atomic E-state index is 12.3. The first-order valence-electron chi connectivity index (χ1n) is 9.63. The third-order valence-electron chi connectivity index (χ3n) is 4.55. The third-order valence-corrected chi connectivity index (χ3v) is 5.61. The van der Waals surface area contributed by atoms with Crippen LogP contribution in [0.4, 0.5) is 0 Å². The molecule has 2 aromatic carbocycles. The molecule has 1 aromatic heterocycles. The standard InChI is InChI=1S/C22H24ClN3O3S/c1-16(17-6-4-3-5-7-17)14-20-24-25-22(29-20)30-15-21(27)26(2)12-13-28-19-10-8-18(23)9-11-19/h3-11,16H,12-15H2,1-2H3. The minimum Gasteiger partial charge on any atom is -0.492 e. The fourth-order valence-electron chi connectivity index (χ4n) is 2.73. The molecule has 0 N–H and O–H groups in total. The van der Waals surface area contributed by atoms with Crippen molar-refractivity contribution in [3.05, 3.63) is 71.1 Å². The molecular weight excluding hydrogens is 422 g/mol. The Balaban J connectivity index is 1.39. The van der Waals surface area contributed by atoms with Gasteiger partial charge >= 0.3 is 0 Å². The summed E-state index contributed by atoms with van der Waals surface area (Å²) in [6.45, 7) is 3.00. The number of ether oxygens (including phenoxy) is 1. The van der Waals surface area contributed by atoms with E-state index in [4.69, 9.17) is 20.8 Å². The van der Waals surface area contributed by atoms with Crippen LogP contribution in [0.2, 0.25) is 5.02 Å². The fraction of sp³-hybridized carbons (Fsp3) is 0.318. The summed E-state index contributed by atoms with van der Waals surface area (Å²) in [6, 6.07) is 17.3. The molecule has 0 saturated heterocycles. The number of amides is 1. The highest BCUT2D eigenvalue weighted by molar-refractivity contribution is 7.99. The number of aromatic nitrogens is 2. The molecule has 30 heavy (non-hydrogen) atoms. The quantitative estimate of drug-likeness (QED) is 0.421. The van der Waals surface area contributed by atoms with E-state index in [0.29, 0.717) is 35.7 Å². The highest BCUT2D eigenvalue weighted by Crippen LogP contribution is 2.22. The van der Waals surface area contributed by atoms with Gasteiger partial charge in [-0.15, -0.1) is 10.2 Å². The van der Waals surface area contributed by atoms with E-state index >= 15 is 0 Å². The molecule has 0 fully saturated rings. The van der Waals surface area contributed by atoms with Crippen molar-refractivity contribution in [1.82, 2.24) is 15.1 Å². The zero-order valence-corrected chi connectivity index (χ0v) is 18.5. The van der Waals surface area contributed by atoms with Crippen molar-refractivity contribution in [3.8, 4) is 5.75 Å². The summed E-state index contributed by atoms with van der Waals surface area (Å²) in [7, 11) is 1.74. The van der Waals surface area contributed by atoms with E-state index in [-0.39, 0.29) is 17.6 Å². The van der Waals surface area contributed by atoms with Gasteiger partial charge in [-0.05, 0) is 35.7 Å². The van der Waals surface area contributed by atoms with Crippen LogP contribution in [0.5, 0.6) is 5.75 Å². The maximum absolute atomic E-state index is 12.3. The second kappa shape index (κ2) is 11.0. The van der Waals surface area contributed by atoms with Crippen LogP contribution < -0.4 is 4.74 Å². The summed E-state index contributed by atoms with van der Waals surface area (Å²) in [5.74, 6) is 1.77. The average Bonchev–Trinajstić information content (AvgIpc) is 3.21. The van der Waals surface area contributed by atoms with Crippen LogP contribution in [0.1, 0.15) is 24.3 Å². The van der Waals surface area contributed by atoms with Gasteiger partial charge in [0.2, 0.25) is 11.8 Å². The van der Waals surface area contributed by atoms with E-state index in [1.807, 2.05) is 18.2 Å². The van der Waals surface area contributed by atoms with Gasteiger partial charge in [0, 0.05) is 18.5 Å². The van der Waals surface area contributed by atoms with Crippen LogP contribution in [0, 0.1) is 0 Å². The van der Waals surface area contributed by atoms with Crippen molar-refractivity contribution in [2.75, 3.05) is 26.0 Å². The van der Waals surface area contributed by atoms with Gasteiger partial charge in [-0.3, -0.25) is 4.79 Å². The number of carbonyl (C=O) groups is 1. The Kier molecular flexibility index (Phi) is 8.16. The number of halogens is 1. The molecule has 0 aliphatic carbocycles. The Morgan fingerprint density at radius 3 is 2.63 bits per heavy atom. The number of benzene rings is 2. The van der Waals surface area contributed by atoms with E-state index in [9.17, 15) is 4.79 Å². The molecule has 1 unspecified atom stereocenters. The van der Waals surface area contributed by atoms with E-state index in [0.717, 1.165) is 5.75 Å². The molecule has 0 aliphatic rings.